The first kappa shape index (κ1) is 21.8. The quantitative estimate of drug-likeness (QED) is 0.434. The van der Waals surface area contributed by atoms with Crippen LogP contribution in [0, 0.1) is 13.8 Å². The van der Waals surface area contributed by atoms with Crippen LogP contribution in [-0.4, -0.2) is 29.4 Å². The Morgan fingerprint density at radius 3 is 2.39 bits per heavy atom. The number of Topliss-reactive ketones (excluding diaryl/α,β-unsaturated/α-hetero) is 1. The summed E-state index contributed by atoms with van der Waals surface area (Å²) in [7, 11) is 0. The molecule has 3 aromatic rings. The molecule has 1 N–H and O–H groups in total. The third-order valence-corrected chi connectivity index (χ3v) is 4.57. The average molecular weight is 422 g/mol. The SMILES string of the molecule is CC(=O)c1ccccc1NC(=O)COC(=O)c1ccc(OCc2c(C)noc2C)cc1. The summed E-state index contributed by atoms with van der Waals surface area (Å²) in [6.07, 6.45) is 0. The summed E-state index contributed by atoms with van der Waals surface area (Å²) in [5.41, 5.74) is 2.68. The van der Waals surface area contributed by atoms with Crippen molar-refractivity contribution in [2.45, 2.75) is 27.4 Å². The first-order chi connectivity index (χ1) is 14.8. The third-order valence-electron chi connectivity index (χ3n) is 4.57. The number of carbonyl (C=O) groups excluding carboxylic acids is 3. The van der Waals surface area contributed by atoms with Crippen LogP contribution in [0.25, 0.3) is 0 Å². The number of para-hydroxylation sites is 1. The van der Waals surface area contributed by atoms with Crippen LogP contribution >= 0.6 is 0 Å². The maximum Gasteiger partial charge on any atom is 0.338 e. The molecule has 1 heterocycles. The molecule has 8 heteroatoms. The van der Waals surface area contributed by atoms with Gasteiger partial charge in [0, 0.05) is 5.56 Å². The summed E-state index contributed by atoms with van der Waals surface area (Å²) in [4.78, 5) is 35.9. The van der Waals surface area contributed by atoms with Crippen molar-refractivity contribution in [1.29, 1.82) is 0 Å². The van der Waals surface area contributed by atoms with Crippen LogP contribution in [0.15, 0.2) is 53.1 Å². The fourth-order valence-corrected chi connectivity index (χ4v) is 2.85. The number of carbonyl (C=O) groups is 3. The highest BCUT2D eigenvalue weighted by Crippen LogP contribution is 2.19. The molecule has 2 aromatic carbocycles. The van der Waals surface area contributed by atoms with Gasteiger partial charge in [0.1, 0.15) is 18.1 Å². The summed E-state index contributed by atoms with van der Waals surface area (Å²) < 4.78 is 15.8. The Kier molecular flexibility index (Phi) is 6.81. The Bertz CT molecular complexity index is 1080. The van der Waals surface area contributed by atoms with Crippen molar-refractivity contribution in [2.24, 2.45) is 0 Å². The summed E-state index contributed by atoms with van der Waals surface area (Å²) >= 11 is 0. The molecule has 1 amide bonds. The molecule has 0 bridgehead atoms. The van der Waals surface area contributed by atoms with Gasteiger partial charge in [0.15, 0.2) is 12.4 Å². The highest BCUT2D eigenvalue weighted by molar-refractivity contribution is 6.04. The van der Waals surface area contributed by atoms with Crippen LogP contribution in [0.3, 0.4) is 0 Å². The monoisotopic (exact) mass is 422 g/mol. The molecule has 0 fully saturated rings. The Labute approximate surface area is 179 Å². The predicted molar refractivity (Wildman–Crippen MR) is 112 cm³/mol. The molecular formula is C23H22N2O6. The van der Waals surface area contributed by atoms with Gasteiger partial charge in [-0.1, -0.05) is 17.3 Å². The number of esters is 1. The highest BCUT2D eigenvalue weighted by atomic mass is 16.5. The molecule has 0 aliphatic heterocycles. The first-order valence-corrected chi connectivity index (χ1v) is 9.56. The van der Waals surface area contributed by atoms with E-state index >= 15 is 0 Å². The van der Waals surface area contributed by atoms with Crippen molar-refractivity contribution in [3.8, 4) is 5.75 Å². The third kappa shape index (κ3) is 5.57. The van der Waals surface area contributed by atoms with Crippen molar-refractivity contribution in [1.82, 2.24) is 5.16 Å². The minimum atomic E-state index is -0.646. The number of nitrogens with zero attached hydrogens (tertiary/aromatic N) is 1. The van der Waals surface area contributed by atoms with E-state index < -0.39 is 18.5 Å². The molecule has 0 saturated heterocycles. The summed E-state index contributed by atoms with van der Waals surface area (Å²) in [6.45, 7) is 4.88. The number of benzene rings is 2. The first-order valence-electron chi connectivity index (χ1n) is 9.56. The number of rotatable bonds is 8. The minimum absolute atomic E-state index is 0.176. The van der Waals surface area contributed by atoms with Gasteiger partial charge in [0.05, 0.1) is 22.5 Å². The van der Waals surface area contributed by atoms with Crippen LogP contribution < -0.4 is 10.1 Å². The van der Waals surface area contributed by atoms with Crippen LogP contribution in [0.2, 0.25) is 0 Å². The maximum atomic E-state index is 12.2. The number of nitrogens with one attached hydrogen (secondary N) is 1. The fraction of sp³-hybridized carbons (Fsp3) is 0.217. The van der Waals surface area contributed by atoms with E-state index in [1.807, 2.05) is 13.8 Å². The Balaban J connectivity index is 1.51. The molecule has 160 valence electrons. The molecule has 31 heavy (non-hydrogen) atoms. The number of aryl methyl sites for hydroxylation is 2. The molecule has 0 aliphatic rings. The number of amides is 1. The lowest BCUT2D eigenvalue weighted by Gasteiger charge is -2.10. The number of aromatic nitrogens is 1. The van der Waals surface area contributed by atoms with E-state index in [0.29, 0.717) is 29.4 Å². The van der Waals surface area contributed by atoms with Crippen molar-refractivity contribution < 1.29 is 28.4 Å². The van der Waals surface area contributed by atoms with E-state index in [-0.39, 0.29) is 11.3 Å². The number of hydrogen-bond donors (Lipinski definition) is 1. The van der Waals surface area contributed by atoms with Gasteiger partial charge in [-0.2, -0.15) is 0 Å². The Morgan fingerprint density at radius 1 is 1.03 bits per heavy atom. The topological polar surface area (TPSA) is 108 Å². The van der Waals surface area contributed by atoms with Gasteiger partial charge in [0.25, 0.3) is 5.91 Å². The van der Waals surface area contributed by atoms with E-state index in [9.17, 15) is 14.4 Å². The average Bonchev–Trinajstić information content (AvgIpc) is 3.08. The summed E-state index contributed by atoms with van der Waals surface area (Å²) in [5.74, 6) is -0.102. The second-order valence-corrected chi connectivity index (χ2v) is 6.84. The molecule has 0 radical (unpaired) electrons. The van der Waals surface area contributed by atoms with Gasteiger partial charge in [-0.05, 0) is 57.2 Å². The van der Waals surface area contributed by atoms with E-state index in [1.54, 1.807) is 48.5 Å². The number of ketones is 1. The van der Waals surface area contributed by atoms with Gasteiger partial charge < -0.3 is 19.3 Å². The van der Waals surface area contributed by atoms with Crippen LogP contribution in [-0.2, 0) is 16.1 Å². The van der Waals surface area contributed by atoms with Crippen LogP contribution in [0.4, 0.5) is 5.69 Å². The predicted octanol–water partition coefficient (Wildman–Crippen LogP) is 3.87. The smallest absolute Gasteiger partial charge is 0.338 e. The molecule has 8 nitrogen and oxygen atoms in total. The summed E-state index contributed by atoms with van der Waals surface area (Å²) in [5, 5.41) is 6.45. The Hall–Kier alpha value is -3.94. The zero-order valence-corrected chi connectivity index (χ0v) is 17.4. The van der Waals surface area contributed by atoms with Gasteiger partial charge >= 0.3 is 5.97 Å². The normalized spacial score (nSPS) is 10.4. The molecule has 1 aromatic heterocycles. The van der Waals surface area contributed by atoms with Gasteiger partial charge in [-0.25, -0.2) is 4.79 Å². The lowest BCUT2D eigenvalue weighted by atomic mass is 10.1. The molecule has 0 unspecified atom stereocenters. The van der Waals surface area contributed by atoms with E-state index in [0.717, 1.165) is 11.3 Å². The molecule has 3 rings (SSSR count). The van der Waals surface area contributed by atoms with Gasteiger partial charge in [-0.3, -0.25) is 9.59 Å². The molecule has 0 spiro atoms. The van der Waals surface area contributed by atoms with Crippen molar-refractivity contribution in [2.75, 3.05) is 11.9 Å². The van der Waals surface area contributed by atoms with Crippen molar-refractivity contribution >= 4 is 23.3 Å². The highest BCUT2D eigenvalue weighted by Gasteiger charge is 2.14. The molecule has 0 saturated carbocycles. The van der Waals surface area contributed by atoms with E-state index in [4.69, 9.17) is 14.0 Å². The van der Waals surface area contributed by atoms with Gasteiger partial charge in [-0.15, -0.1) is 0 Å². The van der Waals surface area contributed by atoms with Crippen LogP contribution in [0.1, 0.15) is 44.7 Å². The molecule has 0 atom stereocenters. The second-order valence-electron chi connectivity index (χ2n) is 6.84. The second kappa shape index (κ2) is 9.71. The number of ether oxygens (including phenoxy) is 2. The fourth-order valence-electron chi connectivity index (χ4n) is 2.85. The van der Waals surface area contributed by atoms with E-state index in [1.165, 1.54) is 6.92 Å². The maximum absolute atomic E-state index is 12.2. The summed E-state index contributed by atoms with van der Waals surface area (Å²) in [6, 6.07) is 13.0. The van der Waals surface area contributed by atoms with E-state index in [2.05, 4.69) is 10.5 Å². The number of hydrogen-bond acceptors (Lipinski definition) is 7. The van der Waals surface area contributed by atoms with Crippen molar-refractivity contribution in [3.63, 3.8) is 0 Å². The standard InChI is InChI=1S/C23H22N2O6/c1-14-20(16(3)31-25-14)12-29-18-10-8-17(9-11-18)23(28)30-13-22(27)24-21-7-5-4-6-19(21)15(2)26/h4-11H,12-13H2,1-3H3,(H,24,27). The van der Waals surface area contributed by atoms with Gasteiger partial charge in [0.2, 0.25) is 0 Å². The lowest BCUT2D eigenvalue weighted by Crippen LogP contribution is -2.22. The minimum Gasteiger partial charge on any atom is -0.489 e. The lowest BCUT2D eigenvalue weighted by molar-refractivity contribution is -0.119. The zero-order valence-electron chi connectivity index (χ0n) is 17.4. The number of anilines is 1. The molecule has 0 aliphatic carbocycles. The largest absolute Gasteiger partial charge is 0.489 e. The Morgan fingerprint density at radius 2 is 1.74 bits per heavy atom. The molecular weight excluding hydrogens is 400 g/mol. The zero-order chi connectivity index (χ0) is 22.4. The van der Waals surface area contributed by atoms with Crippen molar-refractivity contribution in [3.05, 3.63) is 76.7 Å². The van der Waals surface area contributed by atoms with Crippen LogP contribution in [0.5, 0.6) is 5.75 Å².